The molecule has 0 aromatic heterocycles. The number of carbonyl (C=O) groups is 3. The van der Waals surface area contributed by atoms with Gasteiger partial charge in [-0.2, -0.15) is 0 Å². The minimum Gasteiger partial charge on any atom is -0.353 e. The Hall–Kier alpha value is -2.37. The van der Waals surface area contributed by atoms with Gasteiger partial charge in [0, 0.05) is 18.9 Å². The molecule has 1 aliphatic heterocycles. The third-order valence-electron chi connectivity index (χ3n) is 5.86. The smallest absolute Gasteiger partial charge is 0.244 e. The molecule has 152 valence electrons. The molecular formula is C22H31N3O3. The average molecular weight is 386 g/mol. The Labute approximate surface area is 167 Å². The van der Waals surface area contributed by atoms with E-state index in [4.69, 9.17) is 0 Å². The molecular weight excluding hydrogens is 354 g/mol. The van der Waals surface area contributed by atoms with Gasteiger partial charge in [0.2, 0.25) is 17.7 Å². The Morgan fingerprint density at radius 2 is 1.86 bits per heavy atom. The first-order chi connectivity index (χ1) is 13.3. The number of hydrogen-bond donors (Lipinski definition) is 2. The van der Waals surface area contributed by atoms with Gasteiger partial charge in [-0.25, -0.2) is 0 Å². The summed E-state index contributed by atoms with van der Waals surface area (Å²) in [4.78, 5) is 38.6. The summed E-state index contributed by atoms with van der Waals surface area (Å²) in [5.74, 6) is -0.0389. The number of para-hydroxylation sites is 2. The maximum Gasteiger partial charge on any atom is 0.244 e. The molecule has 0 unspecified atom stereocenters. The van der Waals surface area contributed by atoms with Crippen LogP contribution in [0, 0.1) is 11.3 Å². The zero-order valence-corrected chi connectivity index (χ0v) is 17.1. The van der Waals surface area contributed by atoms with E-state index in [1.54, 1.807) is 6.07 Å². The number of nitrogens with one attached hydrogen (secondary N) is 2. The highest BCUT2D eigenvalue weighted by Gasteiger charge is 2.35. The summed E-state index contributed by atoms with van der Waals surface area (Å²) >= 11 is 0. The molecule has 1 aliphatic carbocycles. The predicted molar refractivity (Wildman–Crippen MR) is 110 cm³/mol. The predicted octanol–water partition coefficient (Wildman–Crippen LogP) is 3.47. The number of amides is 3. The van der Waals surface area contributed by atoms with Crippen molar-refractivity contribution < 1.29 is 14.4 Å². The van der Waals surface area contributed by atoms with Gasteiger partial charge in [0.1, 0.15) is 6.54 Å². The minimum atomic E-state index is -0.216. The molecule has 1 heterocycles. The number of anilines is 2. The molecule has 6 heteroatoms. The topological polar surface area (TPSA) is 78.5 Å². The fourth-order valence-corrected chi connectivity index (χ4v) is 4.43. The molecule has 1 aromatic carbocycles. The van der Waals surface area contributed by atoms with E-state index in [0.29, 0.717) is 17.3 Å². The van der Waals surface area contributed by atoms with E-state index >= 15 is 0 Å². The van der Waals surface area contributed by atoms with Crippen molar-refractivity contribution in [2.45, 2.75) is 65.3 Å². The third-order valence-corrected chi connectivity index (χ3v) is 5.86. The van der Waals surface area contributed by atoms with Crippen molar-refractivity contribution in [2.24, 2.45) is 11.3 Å². The summed E-state index contributed by atoms with van der Waals surface area (Å²) in [6, 6.07) is 7.41. The summed E-state index contributed by atoms with van der Waals surface area (Å²) in [5.41, 5.74) is 1.47. The summed E-state index contributed by atoms with van der Waals surface area (Å²) < 4.78 is 0. The van der Waals surface area contributed by atoms with E-state index in [9.17, 15) is 14.4 Å². The maximum absolute atomic E-state index is 12.7. The second kappa shape index (κ2) is 8.33. The van der Waals surface area contributed by atoms with Crippen LogP contribution < -0.4 is 15.5 Å². The van der Waals surface area contributed by atoms with Crippen LogP contribution in [0.3, 0.4) is 0 Å². The molecule has 6 nitrogen and oxygen atoms in total. The quantitative estimate of drug-likeness (QED) is 0.833. The van der Waals surface area contributed by atoms with Crippen LogP contribution in [0.25, 0.3) is 0 Å². The number of hydrogen-bond acceptors (Lipinski definition) is 3. The lowest BCUT2D eigenvalue weighted by molar-refractivity contribution is -0.126. The van der Waals surface area contributed by atoms with Gasteiger partial charge in [-0.15, -0.1) is 0 Å². The van der Waals surface area contributed by atoms with E-state index in [0.717, 1.165) is 19.3 Å². The highest BCUT2D eigenvalue weighted by molar-refractivity contribution is 6.10. The van der Waals surface area contributed by atoms with Crippen LogP contribution in [0.2, 0.25) is 0 Å². The van der Waals surface area contributed by atoms with Gasteiger partial charge < -0.3 is 15.5 Å². The van der Waals surface area contributed by atoms with Crippen LogP contribution >= 0.6 is 0 Å². The van der Waals surface area contributed by atoms with E-state index in [2.05, 4.69) is 31.4 Å². The molecule has 28 heavy (non-hydrogen) atoms. The highest BCUT2D eigenvalue weighted by atomic mass is 16.2. The Balaban J connectivity index is 1.57. The van der Waals surface area contributed by atoms with Crippen molar-refractivity contribution in [3.8, 4) is 0 Å². The van der Waals surface area contributed by atoms with Crippen LogP contribution in [0.15, 0.2) is 24.3 Å². The highest BCUT2D eigenvalue weighted by Crippen LogP contribution is 2.38. The van der Waals surface area contributed by atoms with Crippen LogP contribution in [0.4, 0.5) is 11.4 Å². The van der Waals surface area contributed by atoms with E-state index in [1.165, 1.54) is 11.3 Å². The van der Waals surface area contributed by atoms with E-state index in [1.807, 2.05) is 18.2 Å². The van der Waals surface area contributed by atoms with Crippen molar-refractivity contribution in [1.82, 2.24) is 5.32 Å². The maximum atomic E-state index is 12.7. The first-order valence-electron chi connectivity index (χ1n) is 10.2. The summed E-state index contributed by atoms with van der Waals surface area (Å²) in [6.45, 7) is 6.67. The zero-order chi connectivity index (χ0) is 20.3. The molecule has 0 bridgehead atoms. The molecule has 3 rings (SSSR count). The average Bonchev–Trinajstić information content (AvgIpc) is 2.65. The Bertz CT molecular complexity index is 754. The van der Waals surface area contributed by atoms with Gasteiger partial charge in [-0.3, -0.25) is 14.4 Å². The van der Waals surface area contributed by atoms with Crippen LogP contribution in [0.5, 0.6) is 0 Å². The SMILES string of the molecule is CC(C)(C)[C@H]1CCCC[C@H]1NC(=O)CCC(=O)N1CC(=O)Nc2ccccc21. The second-order valence-corrected chi connectivity index (χ2v) is 8.98. The molecule has 1 saturated carbocycles. The number of fused-ring (bicyclic) bond motifs is 1. The van der Waals surface area contributed by atoms with Gasteiger partial charge in [0.05, 0.1) is 11.4 Å². The molecule has 1 aromatic rings. The lowest BCUT2D eigenvalue weighted by atomic mass is 9.69. The van der Waals surface area contributed by atoms with Crippen molar-refractivity contribution in [3.63, 3.8) is 0 Å². The van der Waals surface area contributed by atoms with Crippen LogP contribution in [-0.4, -0.2) is 30.3 Å². The minimum absolute atomic E-state index is 0.00775. The van der Waals surface area contributed by atoms with Crippen LogP contribution in [-0.2, 0) is 14.4 Å². The molecule has 0 spiro atoms. The Morgan fingerprint density at radius 1 is 1.14 bits per heavy atom. The first kappa shape index (κ1) is 20.4. The number of benzene rings is 1. The molecule has 2 atom stereocenters. The van der Waals surface area contributed by atoms with Gasteiger partial charge in [0.25, 0.3) is 0 Å². The third kappa shape index (κ3) is 4.72. The van der Waals surface area contributed by atoms with Crippen molar-refractivity contribution in [2.75, 3.05) is 16.8 Å². The number of carbonyl (C=O) groups excluding carboxylic acids is 3. The van der Waals surface area contributed by atoms with Crippen molar-refractivity contribution >= 4 is 29.1 Å². The second-order valence-electron chi connectivity index (χ2n) is 8.98. The largest absolute Gasteiger partial charge is 0.353 e. The summed E-state index contributed by atoms with van der Waals surface area (Å²) in [6.07, 6.45) is 4.72. The number of rotatable bonds is 4. The normalized spacial score (nSPS) is 22.2. The fourth-order valence-electron chi connectivity index (χ4n) is 4.43. The lowest BCUT2D eigenvalue weighted by Crippen LogP contribution is -2.47. The molecule has 1 fully saturated rings. The summed E-state index contributed by atoms with van der Waals surface area (Å²) in [5, 5.41) is 5.94. The van der Waals surface area contributed by atoms with Crippen LogP contribution in [0.1, 0.15) is 59.3 Å². The zero-order valence-electron chi connectivity index (χ0n) is 17.1. The first-order valence-corrected chi connectivity index (χ1v) is 10.2. The summed E-state index contributed by atoms with van der Waals surface area (Å²) in [7, 11) is 0. The van der Waals surface area contributed by atoms with Crippen molar-refractivity contribution in [1.29, 1.82) is 0 Å². The van der Waals surface area contributed by atoms with Gasteiger partial charge >= 0.3 is 0 Å². The lowest BCUT2D eigenvalue weighted by Gasteiger charge is -2.40. The monoisotopic (exact) mass is 385 g/mol. The molecule has 0 radical (unpaired) electrons. The molecule has 0 saturated heterocycles. The van der Waals surface area contributed by atoms with Gasteiger partial charge in [-0.1, -0.05) is 45.7 Å². The van der Waals surface area contributed by atoms with Crippen molar-refractivity contribution in [3.05, 3.63) is 24.3 Å². The molecule has 2 aliphatic rings. The van der Waals surface area contributed by atoms with Gasteiger partial charge in [0.15, 0.2) is 0 Å². The van der Waals surface area contributed by atoms with E-state index < -0.39 is 0 Å². The number of nitrogens with zero attached hydrogens (tertiary/aromatic N) is 1. The molecule has 3 amide bonds. The molecule has 2 N–H and O–H groups in total. The fraction of sp³-hybridized carbons (Fsp3) is 0.591. The van der Waals surface area contributed by atoms with E-state index in [-0.39, 0.29) is 48.6 Å². The standard InChI is InChI=1S/C22H31N3O3/c1-22(2,3)15-8-4-5-9-16(15)23-19(26)12-13-21(28)25-14-20(27)24-17-10-6-7-11-18(17)25/h6-7,10-11,15-16H,4-5,8-9,12-14H2,1-3H3,(H,23,26)(H,24,27)/t15-,16+/m0/s1. The Morgan fingerprint density at radius 3 is 2.61 bits per heavy atom. The van der Waals surface area contributed by atoms with Gasteiger partial charge in [-0.05, 0) is 36.3 Å². The Kier molecular flexibility index (Phi) is 6.06.